The van der Waals surface area contributed by atoms with Crippen molar-refractivity contribution in [1.82, 2.24) is 4.98 Å². The predicted molar refractivity (Wildman–Crippen MR) is 103 cm³/mol. The van der Waals surface area contributed by atoms with E-state index in [0.29, 0.717) is 19.4 Å². The van der Waals surface area contributed by atoms with Gasteiger partial charge < -0.3 is 10.0 Å². The second-order valence-electron chi connectivity index (χ2n) is 7.01. The van der Waals surface area contributed by atoms with Gasteiger partial charge >= 0.3 is 0 Å². The standard InChI is InChI=1S/C22H22N2O2/c1-15-6-5-7-17-12-18(14-25)20(23-22(15)17)10-16-11-21(26)24(13-16)19-8-3-2-4-9-19/h2-9,12,16,25H,10-11,13-14H2,1H3/t16-/m0/s1. The third kappa shape index (κ3) is 3.08. The van der Waals surface area contributed by atoms with Crippen molar-refractivity contribution in [2.45, 2.75) is 26.4 Å². The van der Waals surface area contributed by atoms with E-state index in [1.54, 1.807) is 0 Å². The third-order valence-corrected chi connectivity index (χ3v) is 5.14. The number of benzene rings is 2. The summed E-state index contributed by atoms with van der Waals surface area (Å²) in [5, 5.41) is 10.8. The van der Waals surface area contributed by atoms with Crippen LogP contribution in [0.3, 0.4) is 0 Å². The number of nitrogens with zero attached hydrogens (tertiary/aromatic N) is 2. The van der Waals surface area contributed by atoms with Crippen LogP contribution in [0.1, 0.15) is 23.2 Å². The molecule has 0 saturated carbocycles. The van der Waals surface area contributed by atoms with Gasteiger partial charge in [0, 0.05) is 29.7 Å². The molecule has 2 aromatic carbocycles. The summed E-state index contributed by atoms with van der Waals surface area (Å²) in [6.07, 6.45) is 1.22. The maximum atomic E-state index is 12.5. The molecule has 1 amide bonds. The summed E-state index contributed by atoms with van der Waals surface area (Å²) >= 11 is 0. The molecule has 1 N–H and O–H groups in total. The SMILES string of the molecule is Cc1cccc2cc(CO)c(C[C@H]3CC(=O)N(c4ccccc4)C3)nc12. The summed E-state index contributed by atoms with van der Waals surface area (Å²) < 4.78 is 0. The minimum atomic E-state index is -0.0325. The lowest BCUT2D eigenvalue weighted by molar-refractivity contribution is -0.117. The molecule has 0 aliphatic carbocycles. The van der Waals surface area contributed by atoms with Crippen LogP contribution in [0.15, 0.2) is 54.6 Å². The van der Waals surface area contributed by atoms with Crippen molar-refractivity contribution >= 4 is 22.5 Å². The highest BCUT2D eigenvalue weighted by Gasteiger charge is 2.31. The first-order valence-corrected chi connectivity index (χ1v) is 9.00. The molecule has 1 saturated heterocycles. The molecule has 4 nitrogen and oxygen atoms in total. The molecule has 4 heteroatoms. The number of carbonyl (C=O) groups is 1. The Hall–Kier alpha value is -2.72. The number of rotatable bonds is 4. The van der Waals surface area contributed by atoms with Crippen LogP contribution in [0, 0.1) is 12.8 Å². The highest BCUT2D eigenvalue weighted by Crippen LogP contribution is 2.29. The van der Waals surface area contributed by atoms with Crippen molar-refractivity contribution < 1.29 is 9.90 Å². The topological polar surface area (TPSA) is 53.4 Å². The van der Waals surface area contributed by atoms with E-state index in [4.69, 9.17) is 4.98 Å². The lowest BCUT2D eigenvalue weighted by atomic mass is 9.97. The summed E-state index contributed by atoms with van der Waals surface area (Å²) in [5.74, 6) is 0.366. The molecule has 1 aliphatic rings. The van der Waals surface area contributed by atoms with E-state index in [0.717, 1.165) is 33.4 Å². The zero-order valence-corrected chi connectivity index (χ0v) is 14.9. The Kier molecular flexibility index (Phi) is 4.43. The van der Waals surface area contributed by atoms with Crippen molar-refractivity contribution in [1.29, 1.82) is 0 Å². The number of fused-ring (bicyclic) bond motifs is 1. The smallest absolute Gasteiger partial charge is 0.227 e. The summed E-state index contributed by atoms with van der Waals surface area (Å²) in [4.78, 5) is 19.2. The van der Waals surface area contributed by atoms with E-state index in [1.807, 2.05) is 66.4 Å². The van der Waals surface area contributed by atoms with Gasteiger partial charge in [-0.1, -0.05) is 36.4 Å². The van der Waals surface area contributed by atoms with Crippen LogP contribution in [-0.4, -0.2) is 22.5 Å². The fourth-order valence-corrected chi connectivity index (χ4v) is 3.79. The first kappa shape index (κ1) is 16.7. The van der Waals surface area contributed by atoms with Crippen molar-refractivity contribution in [3.05, 3.63) is 71.4 Å². The van der Waals surface area contributed by atoms with E-state index >= 15 is 0 Å². The Labute approximate surface area is 153 Å². The molecule has 1 fully saturated rings. The van der Waals surface area contributed by atoms with Gasteiger partial charge in [-0.25, -0.2) is 0 Å². The van der Waals surface area contributed by atoms with E-state index in [2.05, 4.69) is 0 Å². The number of anilines is 1. The van der Waals surface area contributed by atoms with Gasteiger partial charge in [-0.15, -0.1) is 0 Å². The van der Waals surface area contributed by atoms with Crippen molar-refractivity contribution in [3.63, 3.8) is 0 Å². The molecule has 26 heavy (non-hydrogen) atoms. The minimum Gasteiger partial charge on any atom is -0.392 e. The molecular weight excluding hydrogens is 324 g/mol. The van der Waals surface area contributed by atoms with Gasteiger partial charge in [0.2, 0.25) is 5.91 Å². The number of aromatic nitrogens is 1. The van der Waals surface area contributed by atoms with Gasteiger partial charge in [0.25, 0.3) is 0 Å². The zero-order valence-electron chi connectivity index (χ0n) is 14.9. The Bertz CT molecular complexity index is 953. The number of amides is 1. The summed E-state index contributed by atoms with van der Waals surface area (Å²) in [6, 6.07) is 17.9. The van der Waals surface area contributed by atoms with Crippen LogP contribution >= 0.6 is 0 Å². The Morgan fingerprint density at radius 2 is 1.96 bits per heavy atom. The summed E-state index contributed by atoms with van der Waals surface area (Å²) in [6.45, 7) is 2.71. The number of carbonyl (C=O) groups excluding carboxylic acids is 1. The quantitative estimate of drug-likeness (QED) is 0.785. The first-order valence-electron chi connectivity index (χ1n) is 9.00. The first-order chi connectivity index (χ1) is 12.7. The molecule has 1 aromatic heterocycles. The number of hydrogen-bond donors (Lipinski definition) is 1. The molecule has 3 aromatic rings. The molecule has 0 unspecified atom stereocenters. The Morgan fingerprint density at radius 1 is 1.15 bits per heavy atom. The van der Waals surface area contributed by atoms with Crippen LogP contribution < -0.4 is 4.90 Å². The number of aliphatic hydroxyl groups excluding tert-OH is 1. The maximum absolute atomic E-state index is 12.5. The van der Waals surface area contributed by atoms with Crippen molar-refractivity contribution in [2.75, 3.05) is 11.4 Å². The molecule has 0 spiro atoms. The number of pyridine rings is 1. The molecule has 0 radical (unpaired) electrons. The average molecular weight is 346 g/mol. The van der Waals surface area contributed by atoms with Gasteiger partial charge in [0.1, 0.15) is 0 Å². The Morgan fingerprint density at radius 3 is 2.73 bits per heavy atom. The lowest BCUT2D eigenvalue weighted by Gasteiger charge is -2.17. The third-order valence-electron chi connectivity index (χ3n) is 5.14. The van der Waals surface area contributed by atoms with Crippen molar-refractivity contribution in [3.8, 4) is 0 Å². The number of para-hydroxylation sites is 2. The van der Waals surface area contributed by atoms with Crippen LogP contribution in [0.4, 0.5) is 5.69 Å². The van der Waals surface area contributed by atoms with E-state index in [1.165, 1.54) is 0 Å². The van der Waals surface area contributed by atoms with Gasteiger partial charge in [-0.2, -0.15) is 0 Å². The molecule has 132 valence electrons. The largest absolute Gasteiger partial charge is 0.392 e. The van der Waals surface area contributed by atoms with Crippen LogP contribution in [0.5, 0.6) is 0 Å². The predicted octanol–water partition coefficient (Wildman–Crippen LogP) is 3.63. The number of aliphatic hydroxyl groups is 1. The van der Waals surface area contributed by atoms with Crippen LogP contribution in [-0.2, 0) is 17.8 Å². The van der Waals surface area contributed by atoms with E-state index < -0.39 is 0 Å². The van der Waals surface area contributed by atoms with Crippen LogP contribution in [0.25, 0.3) is 10.9 Å². The monoisotopic (exact) mass is 346 g/mol. The Balaban J connectivity index is 1.61. The van der Waals surface area contributed by atoms with E-state index in [-0.39, 0.29) is 18.4 Å². The van der Waals surface area contributed by atoms with Gasteiger partial charge in [0.15, 0.2) is 0 Å². The number of aryl methyl sites for hydroxylation is 1. The molecular formula is C22H22N2O2. The second kappa shape index (κ2) is 6.89. The highest BCUT2D eigenvalue weighted by molar-refractivity contribution is 5.95. The van der Waals surface area contributed by atoms with Crippen LogP contribution in [0.2, 0.25) is 0 Å². The summed E-state index contributed by atoms with van der Waals surface area (Å²) in [7, 11) is 0. The normalized spacial score (nSPS) is 17.2. The average Bonchev–Trinajstić information content (AvgIpc) is 3.03. The lowest BCUT2D eigenvalue weighted by Crippen LogP contribution is -2.24. The minimum absolute atomic E-state index is 0.0325. The van der Waals surface area contributed by atoms with Gasteiger partial charge in [-0.05, 0) is 48.6 Å². The summed E-state index contributed by atoms with van der Waals surface area (Å²) in [5.41, 5.74) is 4.81. The number of hydrogen-bond acceptors (Lipinski definition) is 3. The second-order valence-corrected chi connectivity index (χ2v) is 7.01. The highest BCUT2D eigenvalue weighted by atomic mass is 16.3. The fourth-order valence-electron chi connectivity index (χ4n) is 3.79. The molecule has 1 aliphatic heterocycles. The van der Waals surface area contributed by atoms with Gasteiger partial charge in [0.05, 0.1) is 12.1 Å². The molecule has 1 atom stereocenters. The molecule has 0 bridgehead atoms. The van der Waals surface area contributed by atoms with E-state index in [9.17, 15) is 9.90 Å². The van der Waals surface area contributed by atoms with Gasteiger partial charge in [-0.3, -0.25) is 9.78 Å². The molecule has 4 rings (SSSR count). The van der Waals surface area contributed by atoms with Crippen molar-refractivity contribution in [2.24, 2.45) is 5.92 Å². The molecule has 2 heterocycles. The fraction of sp³-hybridized carbons (Fsp3) is 0.273. The zero-order chi connectivity index (χ0) is 18.1. The maximum Gasteiger partial charge on any atom is 0.227 e.